The summed E-state index contributed by atoms with van der Waals surface area (Å²) in [5.41, 5.74) is 1.31. The molecule has 0 aromatic carbocycles. The van der Waals surface area contributed by atoms with Gasteiger partial charge < -0.3 is 10.6 Å². The summed E-state index contributed by atoms with van der Waals surface area (Å²) in [6.07, 6.45) is 6.78. The lowest BCUT2D eigenvalue weighted by Gasteiger charge is -2.02. The maximum Gasteiger partial charge on any atom is 0.318 e. The van der Waals surface area contributed by atoms with E-state index in [1.165, 1.54) is 18.4 Å². The van der Waals surface area contributed by atoms with Crippen molar-refractivity contribution in [2.75, 3.05) is 6.54 Å². The Labute approximate surface area is 84.0 Å². The van der Waals surface area contributed by atoms with Gasteiger partial charge in [-0.15, -0.1) is 0 Å². The van der Waals surface area contributed by atoms with Crippen molar-refractivity contribution in [2.24, 2.45) is 0 Å². The maximum absolute atomic E-state index is 11.1. The zero-order valence-corrected chi connectivity index (χ0v) is 8.18. The second-order valence-corrected chi connectivity index (χ2v) is 3.32. The van der Waals surface area contributed by atoms with Crippen molar-refractivity contribution < 1.29 is 4.79 Å². The van der Waals surface area contributed by atoms with Gasteiger partial charge in [0.2, 0.25) is 0 Å². The number of rotatable bonds is 3. The molecule has 0 heterocycles. The number of hydrogen-bond acceptors (Lipinski definition) is 2. The largest absolute Gasteiger partial charge is 0.337 e. The third kappa shape index (κ3) is 3.94. The minimum Gasteiger partial charge on any atom is -0.337 e. The summed E-state index contributed by atoms with van der Waals surface area (Å²) in [4.78, 5) is 11.1. The number of urea groups is 1. The molecule has 1 fully saturated rings. The summed E-state index contributed by atoms with van der Waals surface area (Å²) in [6.45, 7) is 0.408. The normalized spacial score (nSPS) is 14.6. The Bertz CT molecular complexity index is 257. The molecule has 0 saturated heterocycles. The summed E-state index contributed by atoms with van der Waals surface area (Å²) < 4.78 is 0. The van der Waals surface area contributed by atoms with Crippen LogP contribution < -0.4 is 10.6 Å². The van der Waals surface area contributed by atoms with Crippen LogP contribution in [0.5, 0.6) is 0 Å². The first-order valence-electron chi connectivity index (χ1n) is 4.92. The first-order chi connectivity index (χ1) is 6.83. The number of allylic oxidation sites excluding steroid dienone is 1. The molecule has 0 aliphatic heterocycles. The topological polar surface area (TPSA) is 64.9 Å². The smallest absolute Gasteiger partial charge is 0.318 e. The van der Waals surface area contributed by atoms with Crippen LogP contribution in [0.4, 0.5) is 4.79 Å². The van der Waals surface area contributed by atoms with Crippen molar-refractivity contribution in [3.05, 3.63) is 11.8 Å². The van der Waals surface area contributed by atoms with Crippen LogP contribution in [0.1, 0.15) is 32.1 Å². The van der Waals surface area contributed by atoms with E-state index in [2.05, 4.69) is 10.6 Å². The number of nitrogens with one attached hydrogen (secondary N) is 2. The highest BCUT2D eigenvalue weighted by Gasteiger charge is 2.06. The summed E-state index contributed by atoms with van der Waals surface area (Å²) in [6, 6.07) is 1.74. The lowest BCUT2D eigenvalue weighted by Crippen LogP contribution is -2.32. The molecule has 1 aliphatic rings. The molecule has 0 aromatic rings. The highest BCUT2D eigenvalue weighted by atomic mass is 16.2. The summed E-state index contributed by atoms with van der Waals surface area (Å²) in [5.74, 6) is 0. The average molecular weight is 193 g/mol. The molecule has 2 N–H and O–H groups in total. The second-order valence-electron chi connectivity index (χ2n) is 3.32. The van der Waals surface area contributed by atoms with Crippen molar-refractivity contribution in [3.63, 3.8) is 0 Å². The van der Waals surface area contributed by atoms with Gasteiger partial charge >= 0.3 is 6.03 Å². The van der Waals surface area contributed by atoms with E-state index < -0.39 is 0 Å². The number of carbonyl (C=O) groups is 1. The van der Waals surface area contributed by atoms with E-state index in [9.17, 15) is 4.79 Å². The zero-order chi connectivity index (χ0) is 10.2. The fourth-order valence-electron chi connectivity index (χ4n) is 1.42. The van der Waals surface area contributed by atoms with Gasteiger partial charge in [-0.05, 0) is 25.7 Å². The Hall–Kier alpha value is -1.50. The standard InChI is InChI=1S/C10H15N3O/c11-6-3-7-12-10(14)13-8-9-4-1-2-5-9/h8H,1-5,7H2,(H2,12,13,14). The van der Waals surface area contributed by atoms with Gasteiger partial charge in [0.1, 0.15) is 0 Å². The molecule has 76 valence electrons. The predicted octanol–water partition coefficient (Wildman–Crippen LogP) is 1.66. The molecule has 0 spiro atoms. The summed E-state index contributed by atoms with van der Waals surface area (Å²) in [7, 11) is 0. The van der Waals surface area contributed by atoms with Crippen molar-refractivity contribution in [2.45, 2.75) is 32.1 Å². The molecule has 0 atom stereocenters. The van der Waals surface area contributed by atoms with E-state index in [0.29, 0.717) is 13.0 Å². The fraction of sp³-hybridized carbons (Fsp3) is 0.600. The molecule has 1 saturated carbocycles. The van der Waals surface area contributed by atoms with E-state index in [1.807, 2.05) is 6.07 Å². The lowest BCUT2D eigenvalue weighted by molar-refractivity contribution is 0.244. The van der Waals surface area contributed by atoms with E-state index in [4.69, 9.17) is 5.26 Å². The number of nitrogens with zero attached hydrogens (tertiary/aromatic N) is 1. The number of nitriles is 1. The van der Waals surface area contributed by atoms with Crippen LogP contribution in [-0.2, 0) is 0 Å². The molecule has 4 heteroatoms. The third-order valence-electron chi connectivity index (χ3n) is 2.18. The SMILES string of the molecule is N#CCCNC(=O)NC=C1CCCC1. The first kappa shape index (κ1) is 10.6. The van der Waals surface area contributed by atoms with Gasteiger partial charge in [0, 0.05) is 12.7 Å². The Balaban J connectivity index is 2.14. The Morgan fingerprint density at radius 2 is 2.21 bits per heavy atom. The number of carbonyl (C=O) groups excluding carboxylic acids is 1. The number of hydrogen-bond donors (Lipinski definition) is 2. The van der Waals surface area contributed by atoms with Crippen molar-refractivity contribution in [1.82, 2.24) is 10.6 Å². The minimum absolute atomic E-state index is 0.223. The van der Waals surface area contributed by atoms with Crippen LogP contribution in [0.3, 0.4) is 0 Å². The fourth-order valence-corrected chi connectivity index (χ4v) is 1.42. The van der Waals surface area contributed by atoms with Crippen molar-refractivity contribution in [1.29, 1.82) is 5.26 Å². The van der Waals surface area contributed by atoms with Crippen LogP contribution in [0.25, 0.3) is 0 Å². The van der Waals surface area contributed by atoms with Crippen LogP contribution in [0, 0.1) is 11.3 Å². The highest BCUT2D eigenvalue weighted by Crippen LogP contribution is 2.22. The molecule has 0 unspecified atom stereocenters. The molecule has 0 aromatic heterocycles. The lowest BCUT2D eigenvalue weighted by atomic mass is 10.2. The average Bonchev–Trinajstić information content (AvgIpc) is 2.68. The summed E-state index contributed by atoms with van der Waals surface area (Å²) in [5, 5.41) is 13.5. The molecular formula is C10H15N3O. The van der Waals surface area contributed by atoms with Gasteiger partial charge in [0.05, 0.1) is 12.5 Å². The van der Waals surface area contributed by atoms with Gasteiger partial charge in [-0.2, -0.15) is 5.26 Å². The van der Waals surface area contributed by atoms with Gasteiger partial charge in [0.25, 0.3) is 0 Å². The molecule has 1 aliphatic carbocycles. The van der Waals surface area contributed by atoms with Crippen molar-refractivity contribution in [3.8, 4) is 6.07 Å². The van der Waals surface area contributed by atoms with Crippen LogP contribution in [0.2, 0.25) is 0 Å². The maximum atomic E-state index is 11.1. The van der Waals surface area contributed by atoms with Crippen LogP contribution in [0.15, 0.2) is 11.8 Å². The van der Waals surface area contributed by atoms with Crippen molar-refractivity contribution >= 4 is 6.03 Å². The third-order valence-corrected chi connectivity index (χ3v) is 2.18. The molecule has 14 heavy (non-hydrogen) atoms. The monoisotopic (exact) mass is 193 g/mol. The first-order valence-corrected chi connectivity index (χ1v) is 4.92. The molecule has 1 rings (SSSR count). The van der Waals surface area contributed by atoms with E-state index >= 15 is 0 Å². The highest BCUT2D eigenvalue weighted by molar-refractivity contribution is 5.74. The van der Waals surface area contributed by atoms with E-state index in [1.54, 1.807) is 6.20 Å². The Morgan fingerprint density at radius 3 is 2.86 bits per heavy atom. The van der Waals surface area contributed by atoms with E-state index in [0.717, 1.165) is 12.8 Å². The minimum atomic E-state index is -0.223. The second kappa shape index (κ2) is 6.03. The summed E-state index contributed by atoms with van der Waals surface area (Å²) >= 11 is 0. The Morgan fingerprint density at radius 1 is 1.50 bits per heavy atom. The molecule has 4 nitrogen and oxygen atoms in total. The van der Waals surface area contributed by atoms with Crippen LogP contribution >= 0.6 is 0 Å². The van der Waals surface area contributed by atoms with Gasteiger partial charge in [0.15, 0.2) is 0 Å². The molecule has 0 radical (unpaired) electrons. The predicted molar refractivity (Wildman–Crippen MR) is 53.3 cm³/mol. The van der Waals surface area contributed by atoms with Gasteiger partial charge in [-0.1, -0.05) is 5.57 Å². The Kier molecular flexibility index (Phi) is 4.56. The van der Waals surface area contributed by atoms with Crippen LogP contribution in [-0.4, -0.2) is 12.6 Å². The number of amides is 2. The quantitative estimate of drug-likeness (QED) is 0.669. The molecule has 2 amide bonds. The molecular weight excluding hydrogens is 178 g/mol. The van der Waals surface area contributed by atoms with Gasteiger partial charge in [-0.25, -0.2) is 4.79 Å². The van der Waals surface area contributed by atoms with E-state index in [-0.39, 0.29) is 6.03 Å². The van der Waals surface area contributed by atoms with Gasteiger partial charge in [-0.3, -0.25) is 0 Å². The zero-order valence-electron chi connectivity index (χ0n) is 8.18. The molecule has 0 bridgehead atoms.